The molecule has 2 aliphatic heterocycles. The zero-order valence-corrected chi connectivity index (χ0v) is 22.9. The summed E-state index contributed by atoms with van der Waals surface area (Å²) >= 11 is 0.890. The van der Waals surface area contributed by atoms with Crippen molar-refractivity contribution in [1.82, 2.24) is 30.6 Å². The van der Waals surface area contributed by atoms with Crippen LogP contribution >= 0.6 is 11.8 Å². The van der Waals surface area contributed by atoms with Gasteiger partial charge in [-0.05, 0) is 79.2 Å². The van der Waals surface area contributed by atoms with Crippen molar-refractivity contribution in [1.29, 1.82) is 0 Å². The van der Waals surface area contributed by atoms with E-state index in [1.165, 1.54) is 5.56 Å². The van der Waals surface area contributed by atoms with Gasteiger partial charge in [-0.1, -0.05) is 24.3 Å². The average Bonchev–Trinajstić information content (AvgIpc) is 3.28. The van der Waals surface area contributed by atoms with Gasteiger partial charge in [0.05, 0.1) is 22.0 Å². The van der Waals surface area contributed by atoms with Gasteiger partial charge in [0, 0.05) is 49.2 Å². The van der Waals surface area contributed by atoms with Crippen LogP contribution in [0.4, 0.5) is 10.7 Å². The topological polar surface area (TPSA) is 113 Å². The van der Waals surface area contributed by atoms with Crippen molar-refractivity contribution in [3.8, 4) is 11.3 Å². The van der Waals surface area contributed by atoms with Gasteiger partial charge in [0.15, 0.2) is 0 Å². The summed E-state index contributed by atoms with van der Waals surface area (Å²) in [6.45, 7) is 5.46. The Morgan fingerprint density at radius 1 is 1.10 bits per heavy atom. The zero-order valence-electron chi connectivity index (χ0n) is 22.1. The number of rotatable bonds is 7. The third kappa shape index (κ3) is 5.88. The van der Waals surface area contributed by atoms with Gasteiger partial charge >= 0.3 is 0 Å². The smallest absolute Gasteiger partial charge is 0.290 e. The first-order chi connectivity index (χ1) is 19.5. The Kier molecular flexibility index (Phi) is 7.52. The predicted octanol–water partition coefficient (Wildman–Crippen LogP) is 4.73. The number of fused-ring (bicyclic) bond motifs is 1. The Bertz CT molecular complexity index is 1610. The SMILES string of the molecule is Cc1cc(CNCC2CCN(c3nccc(/C=C4/SC(=O)NC4=O)n3)CC2)nc(-c2cncc3ccccc23)c1. The van der Waals surface area contributed by atoms with Crippen molar-refractivity contribution in [3.05, 3.63) is 82.9 Å². The van der Waals surface area contributed by atoms with E-state index in [0.717, 1.165) is 72.0 Å². The molecule has 9 nitrogen and oxygen atoms in total. The largest absolute Gasteiger partial charge is 0.341 e. The van der Waals surface area contributed by atoms with Gasteiger partial charge in [-0.2, -0.15) is 0 Å². The molecule has 0 atom stereocenters. The first kappa shape index (κ1) is 26.1. The van der Waals surface area contributed by atoms with Crippen molar-refractivity contribution < 1.29 is 9.59 Å². The maximum atomic E-state index is 11.8. The highest BCUT2D eigenvalue weighted by molar-refractivity contribution is 8.18. The zero-order chi connectivity index (χ0) is 27.5. The Morgan fingerprint density at radius 2 is 1.95 bits per heavy atom. The van der Waals surface area contributed by atoms with E-state index in [2.05, 4.69) is 67.7 Å². The van der Waals surface area contributed by atoms with Gasteiger partial charge in [-0.3, -0.25) is 24.9 Å². The Morgan fingerprint density at radius 3 is 2.77 bits per heavy atom. The Hall–Kier alpha value is -4.15. The molecule has 2 aliphatic rings. The minimum absolute atomic E-state index is 0.350. The van der Waals surface area contributed by atoms with Crippen LogP contribution in [0.3, 0.4) is 0 Å². The van der Waals surface area contributed by atoms with E-state index in [1.54, 1.807) is 18.3 Å². The molecule has 1 aromatic carbocycles. The molecule has 10 heteroatoms. The molecule has 0 spiro atoms. The lowest BCUT2D eigenvalue weighted by Gasteiger charge is -2.32. The number of thioether (sulfide) groups is 1. The van der Waals surface area contributed by atoms with Crippen LogP contribution in [-0.2, 0) is 11.3 Å². The molecule has 2 fully saturated rings. The third-order valence-electron chi connectivity index (χ3n) is 7.19. The molecular formula is C30H29N7O2S. The van der Waals surface area contributed by atoms with Crippen molar-refractivity contribution in [2.75, 3.05) is 24.5 Å². The maximum absolute atomic E-state index is 11.8. The normalized spacial score (nSPS) is 17.1. The van der Waals surface area contributed by atoms with Crippen LogP contribution in [0.15, 0.2) is 66.0 Å². The fourth-order valence-corrected chi connectivity index (χ4v) is 5.85. The summed E-state index contributed by atoms with van der Waals surface area (Å²) in [5, 5.41) is 7.80. The van der Waals surface area contributed by atoms with Gasteiger partial charge in [0.25, 0.3) is 11.1 Å². The number of anilines is 1. The highest BCUT2D eigenvalue weighted by Gasteiger charge is 2.26. The molecule has 0 saturated carbocycles. The average molecular weight is 552 g/mol. The molecule has 2 N–H and O–H groups in total. The van der Waals surface area contributed by atoms with E-state index in [9.17, 15) is 9.59 Å². The van der Waals surface area contributed by atoms with Crippen LogP contribution in [0.25, 0.3) is 28.1 Å². The Labute approximate surface area is 236 Å². The van der Waals surface area contributed by atoms with Crippen molar-refractivity contribution in [2.24, 2.45) is 5.92 Å². The summed E-state index contributed by atoms with van der Waals surface area (Å²) in [6.07, 6.45) is 9.18. The molecule has 2 amide bonds. The summed E-state index contributed by atoms with van der Waals surface area (Å²) in [7, 11) is 0. The number of hydrogen-bond acceptors (Lipinski definition) is 9. The fraction of sp³-hybridized carbons (Fsp3) is 0.267. The molecule has 0 unspecified atom stereocenters. The van der Waals surface area contributed by atoms with Gasteiger partial charge in [0.2, 0.25) is 5.95 Å². The maximum Gasteiger partial charge on any atom is 0.290 e. The monoisotopic (exact) mass is 551 g/mol. The minimum atomic E-state index is -0.383. The van der Waals surface area contributed by atoms with Crippen molar-refractivity contribution in [2.45, 2.75) is 26.3 Å². The molecular weight excluding hydrogens is 522 g/mol. The number of nitrogens with one attached hydrogen (secondary N) is 2. The van der Waals surface area contributed by atoms with Crippen LogP contribution in [0, 0.1) is 12.8 Å². The molecule has 6 rings (SSSR count). The van der Waals surface area contributed by atoms with Crippen LogP contribution in [0.5, 0.6) is 0 Å². The molecule has 5 heterocycles. The van der Waals surface area contributed by atoms with Gasteiger partial charge in [-0.25, -0.2) is 9.97 Å². The van der Waals surface area contributed by atoms with Crippen LogP contribution < -0.4 is 15.5 Å². The van der Waals surface area contributed by atoms with Crippen molar-refractivity contribution >= 4 is 45.7 Å². The Balaban J connectivity index is 1.04. The number of amides is 2. The standard InChI is InChI=1S/C30H29N7O2S/c1-19-12-23(34-26(13-19)25-18-32-16-21-4-2-3-5-24(21)25)17-31-15-20-7-10-37(11-8-20)29-33-9-6-22(35-29)14-27-28(38)36-30(39)40-27/h2-6,9,12-14,16,18,20,31H,7-8,10-11,15,17H2,1H3,(H,36,38,39)/b27-14+. The second-order valence-electron chi connectivity index (χ2n) is 10.1. The summed E-state index contributed by atoms with van der Waals surface area (Å²) in [4.78, 5) is 44.3. The van der Waals surface area contributed by atoms with Crippen LogP contribution in [0.1, 0.15) is 29.8 Å². The molecule has 40 heavy (non-hydrogen) atoms. The number of aromatic nitrogens is 4. The summed E-state index contributed by atoms with van der Waals surface area (Å²) < 4.78 is 0. The highest BCUT2D eigenvalue weighted by atomic mass is 32.2. The van der Waals surface area contributed by atoms with Crippen molar-refractivity contribution in [3.63, 3.8) is 0 Å². The molecule has 0 aliphatic carbocycles. The van der Waals surface area contributed by atoms with E-state index in [4.69, 9.17) is 4.98 Å². The third-order valence-corrected chi connectivity index (χ3v) is 8.00. The molecule has 0 radical (unpaired) electrons. The number of carbonyl (C=O) groups excluding carboxylic acids is 2. The number of carbonyl (C=O) groups is 2. The van der Waals surface area contributed by atoms with E-state index < -0.39 is 0 Å². The van der Waals surface area contributed by atoms with Crippen LogP contribution in [-0.4, -0.2) is 50.7 Å². The summed E-state index contributed by atoms with van der Waals surface area (Å²) in [5.74, 6) is 0.818. The van der Waals surface area contributed by atoms with Gasteiger partial charge < -0.3 is 10.2 Å². The summed E-state index contributed by atoms with van der Waals surface area (Å²) in [6, 6.07) is 14.3. The first-order valence-electron chi connectivity index (χ1n) is 13.4. The first-order valence-corrected chi connectivity index (χ1v) is 14.2. The second-order valence-corrected chi connectivity index (χ2v) is 11.1. The number of pyridine rings is 2. The number of hydrogen-bond donors (Lipinski definition) is 2. The molecule has 2 saturated heterocycles. The lowest BCUT2D eigenvalue weighted by molar-refractivity contribution is -0.115. The number of aryl methyl sites for hydroxylation is 1. The van der Waals surface area contributed by atoms with Gasteiger partial charge in [0.1, 0.15) is 0 Å². The number of imide groups is 1. The van der Waals surface area contributed by atoms with E-state index in [1.807, 2.05) is 18.5 Å². The molecule has 3 aromatic heterocycles. The second kappa shape index (κ2) is 11.5. The highest BCUT2D eigenvalue weighted by Crippen LogP contribution is 2.28. The lowest BCUT2D eigenvalue weighted by atomic mass is 9.97. The number of nitrogens with zero attached hydrogens (tertiary/aromatic N) is 5. The fourth-order valence-electron chi connectivity index (χ4n) is 5.18. The summed E-state index contributed by atoms with van der Waals surface area (Å²) in [5.41, 5.74) is 4.82. The van der Waals surface area contributed by atoms with Gasteiger partial charge in [-0.15, -0.1) is 0 Å². The molecule has 202 valence electrons. The number of benzene rings is 1. The quantitative estimate of drug-likeness (QED) is 0.315. The van der Waals surface area contributed by atoms with E-state index in [0.29, 0.717) is 29.0 Å². The predicted molar refractivity (Wildman–Crippen MR) is 157 cm³/mol. The van der Waals surface area contributed by atoms with Crippen LogP contribution in [0.2, 0.25) is 0 Å². The molecule has 4 aromatic rings. The molecule has 0 bridgehead atoms. The lowest BCUT2D eigenvalue weighted by Crippen LogP contribution is -2.38. The van der Waals surface area contributed by atoms with E-state index >= 15 is 0 Å². The minimum Gasteiger partial charge on any atom is -0.341 e. The van der Waals surface area contributed by atoms with E-state index in [-0.39, 0.29) is 11.1 Å². The number of piperidine rings is 1.